The van der Waals surface area contributed by atoms with Crippen LogP contribution in [0.15, 0.2) is 30.3 Å². The quantitative estimate of drug-likeness (QED) is 0.291. The lowest BCUT2D eigenvalue weighted by molar-refractivity contribution is -0.137. The van der Waals surface area contributed by atoms with Crippen LogP contribution in [-0.2, 0) is 22.6 Å². The average molecular weight is 388 g/mol. The second-order valence-corrected chi connectivity index (χ2v) is 6.20. The zero-order valence-electron chi connectivity index (χ0n) is 16.5. The van der Waals surface area contributed by atoms with E-state index in [2.05, 4.69) is 21.2 Å². The maximum absolute atomic E-state index is 12.4. The minimum absolute atomic E-state index is 0.106. The Kier molecular flexibility index (Phi) is 7.82. The van der Waals surface area contributed by atoms with Crippen molar-refractivity contribution in [2.45, 2.75) is 19.4 Å². The van der Waals surface area contributed by atoms with Crippen molar-refractivity contribution in [3.05, 3.63) is 41.5 Å². The molecule has 2 aromatic rings. The number of hydrogen-bond donors (Lipinski definition) is 5. The van der Waals surface area contributed by atoms with E-state index in [9.17, 15) is 9.90 Å². The minimum atomic E-state index is -0.680. The Bertz CT molecular complexity index is 790. The molecule has 1 aromatic carbocycles. The zero-order valence-corrected chi connectivity index (χ0v) is 16.5. The highest BCUT2D eigenvalue weighted by Gasteiger charge is 2.27. The molecule has 28 heavy (non-hydrogen) atoms. The summed E-state index contributed by atoms with van der Waals surface area (Å²) in [6.45, 7) is -0.0297. The first kappa shape index (κ1) is 21.2. The van der Waals surface area contributed by atoms with Gasteiger partial charge in [0.25, 0.3) is 0 Å². The Morgan fingerprint density at radius 2 is 1.96 bits per heavy atom. The Morgan fingerprint density at radius 1 is 1.25 bits per heavy atom. The van der Waals surface area contributed by atoms with Crippen molar-refractivity contribution in [1.29, 1.82) is 5.41 Å². The van der Waals surface area contributed by atoms with Crippen LogP contribution in [0.3, 0.4) is 0 Å². The molecule has 0 radical (unpaired) electrons. The minimum Gasteiger partial charge on any atom is -0.456 e. The molecule has 0 aliphatic rings. The molecule has 0 fully saturated rings. The normalized spacial score (nSPS) is 11.6. The summed E-state index contributed by atoms with van der Waals surface area (Å²) in [6.07, 6.45) is 0.629. The molecule has 0 aliphatic heterocycles. The number of rotatable bonds is 11. The van der Waals surface area contributed by atoms with Crippen LogP contribution in [-0.4, -0.2) is 54.4 Å². The summed E-state index contributed by atoms with van der Waals surface area (Å²) in [5.41, 5.74) is 4.46. The average Bonchev–Trinajstić information content (AvgIpc) is 3.08. The summed E-state index contributed by atoms with van der Waals surface area (Å²) >= 11 is 0. The van der Waals surface area contributed by atoms with E-state index in [0.29, 0.717) is 12.2 Å². The molecule has 1 unspecified atom stereocenters. The molecule has 2 rings (SSSR count). The fraction of sp³-hybridized carbons (Fsp3) is 0.421. The van der Waals surface area contributed by atoms with Gasteiger partial charge in [-0.15, -0.1) is 5.10 Å². The van der Waals surface area contributed by atoms with Gasteiger partial charge in [0, 0.05) is 39.2 Å². The molecule has 152 valence electrons. The van der Waals surface area contributed by atoms with Crippen molar-refractivity contribution in [2.75, 3.05) is 43.8 Å². The van der Waals surface area contributed by atoms with E-state index in [1.165, 1.54) is 0 Å². The Morgan fingerprint density at radius 3 is 2.54 bits per heavy atom. The molecule has 0 saturated carbocycles. The summed E-state index contributed by atoms with van der Waals surface area (Å²) in [4.78, 5) is 14.0. The summed E-state index contributed by atoms with van der Waals surface area (Å²) in [6, 6.07) is 9.32. The topological polar surface area (TPSA) is 124 Å². The first-order valence-electron chi connectivity index (χ1n) is 9.11. The highest BCUT2D eigenvalue weighted by molar-refractivity contribution is 6.35. The molecule has 0 spiro atoms. The molecular weight excluding hydrogens is 360 g/mol. The van der Waals surface area contributed by atoms with Gasteiger partial charge in [0.2, 0.25) is 0 Å². The molecule has 0 aliphatic carbocycles. The summed E-state index contributed by atoms with van der Waals surface area (Å²) in [5.74, 6) is 0.176. The highest BCUT2D eigenvalue weighted by atomic mass is 16.5. The van der Waals surface area contributed by atoms with Crippen LogP contribution in [0.5, 0.6) is 0 Å². The maximum Gasteiger partial charge on any atom is 0.352 e. The van der Waals surface area contributed by atoms with Crippen molar-refractivity contribution < 1.29 is 14.6 Å². The monoisotopic (exact) mass is 388 g/mol. The van der Waals surface area contributed by atoms with Gasteiger partial charge in [-0.1, -0.05) is 30.3 Å². The number of aliphatic hydroxyl groups excluding tert-OH is 1. The largest absolute Gasteiger partial charge is 0.456 e. The van der Waals surface area contributed by atoms with Gasteiger partial charge in [0.15, 0.2) is 11.6 Å². The van der Waals surface area contributed by atoms with Gasteiger partial charge in [-0.25, -0.2) is 4.79 Å². The zero-order chi connectivity index (χ0) is 20.5. The van der Waals surface area contributed by atoms with Gasteiger partial charge in [0.1, 0.15) is 12.3 Å². The predicted molar refractivity (Wildman–Crippen MR) is 109 cm³/mol. The number of anilines is 2. The number of aromatic nitrogens is 2. The number of ether oxygens (including phenoxy) is 1. The number of benzene rings is 1. The number of carbonyl (C=O) groups is 1. The van der Waals surface area contributed by atoms with Crippen molar-refractivity contribution in [3.8, 4) is 0 Å². The van der Waals surface area contributed by atoms with Crippen molar-refractivity contribution in [3.63, 3.8) is 0 Å². The van der Waals surface area contributed by atoms with Crippen LogP contribution in [0.25, 0.3) is 0 Å². The number of nitrogens with zero attached hydrogens (tertiary/aromatic N) is 2. The van der Waals surface area contributed by atoms with Gasteiger partial charge < -0.3 is 25.9 Å². The van der Waals surface area contributed by atoms with E-state index in [-0.39, 0.29) is 25.3 Å². The second kappa shape index (κ2) is 10.3. The van der Waals surface area contributed by atoms with Crippen molar-refractivity contribution in [1.82, 2.24) is 9.89 Å². The van der Waals surface area contributed by atoms with Crippen LogP contribution >= 0.6 is 0 Å². The third-order valence-electron chi connectivity index (χ3n) is 4.44. The SMILES string of the molecule is CNc1nn(NC)c(NC)c1CC(CCO)C(=N)C(=O)OCc1ccccc1. The van der Waals surface area contributed by atoms with E-state index >= 15 is 0 Å². The lowest BCUT2D eigenvalue weighted by Crippen LogP contribution is -2.28. The maximum atomic E-state index is 12.4. The van der Waals surface area contributed by atoms with Crippen molar-refractivity contribution >= 4 is 23.3 Å². The van der Waals surface area contributed by atoms with E-state index in [4.69, 9.17) is 10.1 Å². The molecule has 1 heterocycles. The van der Waals surface area contributed by atoms with E-state index in [0.717, 1.165) is 16.9 Å². The van der Waals surface area contributed by atoms with Gasteiger partial charge in [-0.3, -0.25) is 5.41 Å². The Labute approximate surface area is 164 Å². The summed E-state index contributed by atoms with van der Waals surface area (Å²) in [5, 5.41) is 28.3. The molecule has 0 bridgehead atoms. The third-order valence-corrected chi connectivity index (χ3v) is 4.44. The summed E-state index contributed by atoms with van der Waals surface area (Å²) in [7, 11) is 5.27. The fourth-order valence-electron chi connectivity index (χ4n) is 2.98. The smallest absolute Gasteiger partial charge is 0.352 e. The molecule has 0 saturated heterocycles. The number of aliphatic hydroxyl groups is 1. The standard InChI is InChI=1S/C19H28N6O3/c1-21-17-15(18(22-2)25(23-3)24-17)11-14(9-10-26)16(20)19(27)28-12-13-7-5-4-6-8-13/h4-8,14,20,22-23,26H,9-12H2,1-3H3,(H,21,24). The number of carbonyl (C=O) groups excluding carboxylic acids is 1. The van der Waals surface area contributed by atoms with Crippen LogP contribution in [0, 0.1) is 11.3 Å². The van der Waals surface area contributed by atoms with E-state index < -0.39 is 11.9 Å². The fourth-order valence-corrected chi connectivity index (χ4v) is 2.98. The Hall–Kier alpha value is -3.07. The molecule has 0 amide bonds. The molecule has 9 heteroatoms. The van der Waals surface area contributed by atoms with Crippen molar-refractivity contribution in [2.24, 2.45) is 5.92 Å². The van der Waals surface area contributed by atoms with Crippen LogP contribution in [0.2, 0.25) is 0 Å². The van der Waals surface area contributed by atoms with E-state index in [1.54, 1.807) is 25.9 Å². The lowest BCUT2D eigenvalue weighted by Gasteiger charge is -2.17. The highest BCUT2D eigenvalue weighted by Crippen LogP contribution is 2.27. The molecule has 5 N–H and O–H groups in total. The molecule has 1 atom stereocenters. The first-order chi connectivity index (χ1) is 13.5. The summed E-state index contributed by atoms with van der Waals surface area (Å²) < 4.78 is 5.28. The molecule has 9 nitrogen and oxygen atoms in total. The number of esters is 1. The third kappa shape index (κ3) is 5.01. The second-order valence-electron chi connectivity index (χ2n) is 6.20. The van der Waals surface area contributed by atoms with Gasteiger partial charge in [-0.2, -0.15) is 4.79 Å². The molecule has 1 aromatic heterocycles. The molecular formula is C19H28N6O3. The van der Waals surface area contributed by atoms with Gasteiger partial charge in [0.05, 0.1) is 0 Å². The van der Waals surface area contributed by atoms with Gasteiger partial charge >= 0.3 is 5.97 Å². The Balaban J connectivity index is 2.15. The lowest BCUT2D eigenvalue weighted by atomic mass is 9.92. The van der Waals surface area contributed by atoms with Gasteiger partial charge in [-0.05, 0) is 18.4 Å². The van der Waals surface area contributed by atoms with Crippen LogP contribution in [0.1, 0.15) is 17.5 Å². The number of nitrogens with one attached hydrogen (secondary N) is 4. The first-order valence-corrected chi connectivity index (χ1v) is 9.11. The predicted octanol–water partition coefficient (Wildman–Crippen LogP) is 1.44. The van der Waals surface area contributed by atoms with Crippen LogP contribution < -0.4 is 16.1 Å². The van der Waals surface area contributed by atoms with E-state index in [1.807, 2.05) is 30.3 Å². The number of hydrogen-bond acceptors (Lipinski definition) is 8. The van der Waals surface area contributed by atoms with Crippen LogP contribution in [0.4, 0.5) is 11.6 Å².